The predicted octanol–water partition coefficient (Wildman–Crippen LogP) is 16.7. The summed E-state index contributed by atoms with van der Waals surface area (Å²) >= 11 is 0. The van der Waals surface area contributed by atoms with Gasteiger partial charge in [-0.3, -0.25) is 0 Å². The Kier molecular flexibility index (Phi) is 28.4. The Morgan fingerprint density at radius 2 is 1.06 bits per heavy atom. The van der Waals surface area contributed by atoms with Crippen LogP contribution in [0.3, 0.4) is 0 Å². The molecule has 0 saturated heterocycles. The molecule has 2 N–H and O–H groups in total. The molecule has 0 amide bonds. The smallest absolute Gasteiger partial charge is 0.336 e. The summed E-state index contributed by atoms with van der Waals surface area (Å²) in [6.45, 7) is 13.3. The van der Waals surface area contributed by atoms with E-state index < -0.39 is 5.97 Å². The Hall–Kier alpha value is -3.31. The van der Waals surface area contributed by atoms with E-state index in [1.54, 1.807) is 11.0 Å². The maximum atomic E-state index is 12.6. The molecule has 0 saturated carbocycles. The quantitative estimate of drug-likeness (QED) is 0.0655. The number of carboxylic acids is 1. The van der Waals surface area contributed by atoms with Gasteiger partial charge in [0.1, 0.15) is 17.6 Å². The number of rotatable bonds is 40. The molecular weight excluding hydrogens is 797 g/mol. The standard InChI is InChI=1S/C60H96N2O3/c1-5-9-11-13-15-17-19-21-23-25-27-29-31-33-35-39-47-61(7-3)51-43-45-55-57(49-51)65-58-50-52(44-46-56(58)59(55)53-41-37-38-42-54(53)60(63)64)62(8-4)48-40-36-34-32-30-28-26-24-22-20-18-16-14-12-10-6-2/h37-38,41-46,49-51H,5-36,39-40,47-48H2,1-4H3,(H,63,64)/p+1. The maximum absolute atomic E-state index is 12.6. The van der Waals surface area contributed by atoms with Crippen molar-refractivity contribution in [3.8, 4) is 5.75 Å². The lowest BCUT2D eigenvalue weighted by Crippen LogP contribution is -3.15. The maximum Gasteiger partial charge on any atom is 0.336 e. The molecular formula is C60H97N2O3+. The van der Waals surface area contributed by atoms with Crippen LogP contribution >= 0.6 is 0 Å². The number of quaternary nitrogens is 1. The van der Waals surface area contributed by atoms with Crippen LogP contribution in [0.4, 0.5) is 5.69 Å². The van der Waals surface area contributed by atoms with Gasteiger partial charge in [-0.2, -0.15) is 0 Å². The zero-order valence-corrected chi connectivity index (χ0v) is 42.5. The Labute approximate surface area is 400 Å². The summed E-state index contributed by atoms with van der Waals surface area (Å²) in [5, 5.41) is 10.3. The molecule has 2 atom stereocenters. The normalized spacial score (nSPS) is 14.8. The van der Waals surface area contributed by atoms with Crippen LogP contribution < -0.4 is 14.5 Å². The number of anilines is 1. The van der Waals surface area contributed by atoms with Gasteiger partial charge in [-0.1, -0.05) is 218 Å². The molecule has 1 aliphatic carbocycles. The Bertz CT molecular complexity index is 1670. The van der Waals surface area contributed by atoms with Crippen LogP contribution in [0.5, 0.6) is 5.75 Å². The van der Waals surface area contributed by atoms with Crippen LogP contribution in [0.1, 0.15) is 255 Å². The van der Waals surface area contributed by atoms with Gasteiger partial charge in [0.05, 0.1) is 18.7 Å². The number of likely N-dealkylation sites (N-methyl/N-ethyl adjacent to an activating group) is 1. The molecule has 1 heterocycles. The number of fused-ring (bicyclic) bond motifs is 2. The summed E-state index contributed by atoms with van der Waals surface area (Å²) in [6.07, 6.45) is 51.2. The van der Waals surface area contributed by atoms with Crippen LogP contribution in [-0.4, -0.2) is 43.3 Å². The summed E-state index contributed by atoms with van der Waals surface area (Å²) in [5.74, 6) is 0.775. The summed E-state index contributed by atoms with van der Waals surface area (Å²) in [5.41, 5.74) is 5.14. The van der Waals surface area contributed by atoms with E-state index in [2.05, 4.69) is 69.0 Å². The van der Waals surface area contributed by atoms with Gasteiger partial charge in [-0.05, 0) is 69.0 Å². The minimum Gasteiger partial charge on any atom is -0.478 e. The number of unbranched alkanes of at least 4 members (excludes halogenated alkanes) is 30. The molecule has 2 unspecified atom stereocenters. The average molecular weight is 894 g/mol. The number of benzene rings is 2. The number of hydrogen-bond acceptors (Lipinski definition) is 3. The largest absolute Gasteiger partial charge is 0.478 e. The molecule has 5 heteroatoms. The topological polar surface area (TPSA) is 54.2 Å². The second-order valence-electron chi connectivity index (χ2n) is 19.8. The minimum atomic E-state index is -0.905. The highest BCUT2D eigenvalue weighted by Gasteiger charge is 2.32. The SMILES string of the molecule is CCCCCCCCCCCCCCCCCCN(CC)c1ccc2c(c1)OC1=CC([NH+](CC)CCCCCCCCCCCCCCCCCC)C=CC1=C2c1ccccc1C(=O)O. The van der Waals surface area contributed by atoms with E-state index in [0.717, 1.165) is 60.0 Å². The van der Waals surface area contributed by atoms with E-state index in [4.69, 9.17) is 4.74 Å². The van der Waals surface area contributed by atoms with Gasteiger partial charge >= 0.3 is 5.97 Å². The van der Waals surface area contributed by atoms with Crippen LogP contribution in [0.2, 0.25) is 0 Å². The summed E-state index contributed by atoms with van der Waals surface area (Å²) in [4.78, 5) is 16.6. The van der Waals surface area contributed by atoms with E-state index in [9.17, 15) is 9.90 Å². The first-order chi connectivity index (χ1) is 32.0. The monoisotopic (exact) mass is 894 g/mol. The van der Waals surface area contributed by atoms with Crippen molar-refractivity contribution in [2.45, 2.75) is 239 Å². The number of aromatic carboxylic acids is 1. The van der Waals surface area contributed by atoms with Crippen molar-refractivity contribution in [1.82, 2.24) is 0 Å². The lowest BCUT2D eigenvalue weighted by Gasteiger charge is -2.32. The van der Waals surface area contributed by atoms with Crippen LogP contribution in [0.15, 0.2) is 72.0 Å². The summed E-state index contributed by atoms with van der Waals surface area (Å²) < 4.78 is 6.88. The molecule has 0 bridgehead atoms. The molecule has 4 rings (SSSR count). The van der Waals surface area contributed by atoms with Crippen molar-refractivity contribution in [1.29, 1.82) is 0 Å². The Morgan fingerprint density at radius 1 is 0.585 bits per heavy atom. The third-order valence-corrected chi connectivity index (χ3v) is 14.5. The number of nitrogens with one attached hydrogen (secondary N) is 1. The lowest BCUT2D eigenvalue weighted by molar-refractivity contribution is -0.910. The Balaban J connectivity index is 1.26. The van der Waals surface area contributed by atoms with Gasteiger partial charge in [0, 0.05) is 47.6 Å². The van der Waals surface area contributed by atoms with E-state index in [1.165, 1.54) is 211 Å². The van der Waals surface area contributed by atoms with Crippen molar-refractivity contribution in [2.75, 3.05) is 31.1 Å². The fraction of sp³-hybridized carbons (Fsp3) is 0.683. The van der Waals surface area contributed by atoms with Crippen molar-refractivity contribution >= 4 is 17.2 Å². The van der Waals surface area contributed by atoms with Crippen molar-refractivity contribution in [3.63, 3.8) is 0 Å². The molecule has 0 aromatic heterocycles. The fourth-order valence-corrected chi connectivity index (χ4v) is 10.4. The van der Waals surface area contributed by atoms with E-state index in [-0.39, 0.29) is 6.04 Å². The number of allylic oxidation sites excluding steroid dienone is 1. The van der Waals surface area contributed by atoms with E-state index in [0.29, 0.717) is 5.56 Å². The van der Waals surface area contributed by atoms with Crippen LogP contribution in [0, 0.1) is 0 Å². The van der Waals surface area contributed by atoms with Gasteiger partial charge in [-0.25, -0.2) is 4.79 Å². The average Bonchev–Trinajstić information content (AvgIpc) is 3.32. The predicted molar refractivity (Wildman–Crippen MR) is 281 cm³/mol. The fourth-order valence-electron chi connectivity index (χ4n) is 10.4. The number of hydrogen-bond donors (Lipinski definition) is 2. The van der Waals surface area contributed by atoms with Crippen LogP contribution in [-0.2, 0) is 0 Å². The highest BCUT2D eigenvalue weighted by molar-refractivity contribution is 6.00. The first-order valence-corrected chi connectivity index (χ1v) is 27.9. The third-order valence-electron chi connectivity index (χ3n) is 14.5. The second-order valence-corrected chi connectivity index (χ2v) is 19.8. The molecule has 2 aromatic carbocycles. The zero-order chi connectivity index (χ0) is 46.2. The first kappa shape index (κ1) is 54.3. The molecule has 65 heavy (non-hydrogen) atoms. The third kappa shape index (κ3) is 20.2. The highest BCUT2D eigenvalue weighted by Crippen LogP contribution is 2.45. The second kappa shape index (κ2) is 34.0. The van der Waals surface area contributed by atoms with Gasteiger partial charge in [0.25, 0.3) is 0 Å². The molecule has 0 radical (unpaired) electrons. The zero-order valence-electron chi connectivity index (χ0n) is 42.5. The van der Waals surface area contributed by atoms with Gasteiger partial charge < -0.3 is 19.6 Å². The van der Waals surface area contributed by atoms with E-state index in [1.807, 2.05) is 18.2 Å². The van der Waals surface area contributed by atoms with Crippen molar-refractivity contribution < 1.29 is 19.5 Å². The molecule has 0 spiro atoms. The van der Waals surface area contributed by atoms with Crippen molar-refractivity contribution in [3.05, 3.63) is 88.7 Å². The molecule has 5 nitrogen and oxygen atoms in total. The first-order valence-electron chi connectivity index (χ1n) is 27.9. The lowest BCUT2D eigenvalue weighted by atomic mass is 9.85. The summed E-state index contributed by atoms with van der Waals surface area (Å²) in [7, 11) is 0. The molecule has 1 aliphatic heterocycles. The van der Waals surface area contributed by atoms with Gasteiger partial charge in [0.15, 0.2) is 0 Å². The molecule has 364 valence electrons. The number of carbonyl (C=O) groups is 1. The number of carboxylic acid groups (broad SMARTS) is 1. The van der Waals surface area contributed by atoms with E-state index >= 15 is 0 Å². The number of nitrogens with zero attached hydrogens (tertiary/aromatic N) is 1. The van der Waals surface area contributed by atoms with Crippen LogP contribution in [0.25, 0.3) is 5.57 Å². The molecule has 2 aliphatic rings. The summed E-state index contributed by atoms with van der Waals surface area (Å²) in [6, 6.07) is 14.3. The minimum absolute atomic E-state index is 0.220. The highest BCUT2D eigenvalue weighted by atomic mass is 16.5. The van der Waals surface area contributed by atoms with Gasteiger partial charge in [-0.15, -0.1) is 0 Å². The Morgan fingerprint density at radius 3 is 1.54 bits per heavy atom. The molecule has 2 aromatic rings. The van der Waals surface area contributed by atoms with Gasteiger partial charge in [0.2, 0.25) is 0 Å². The molecule has 0 fully saturated rings. The number of ether oxygens (including phenoxy) is 1. The van der Waals surface area contributed by atoms with Crippen molar-refractivity contribution in [2.24, 2.45) is 0 Å².